The zero-order chi connectivity index (χ0) is 10.6. The van der Waals surface area contributed by atoms with Gasteiger partial charge in [0.15, 0.2) is 0 Å². The lowest BCUT2D eigenvalue weighted by atomic mass is 10.0. The van der Waals surface area contributed by atoms with E-state index in [2.05, 4.69) is 30.7 Å². The predicted octanol–water partition coefficient (Wildman–Crippen LogP) is 0.750. The van der Waals surface area contributed by atoms with Crippen molar-refractivity contribution in [2.45, 2.75) is 38.8 Å². The Morgan fingerprint density at radius 2 is 2.21 bits per heavy atom. The first-order valence-corrected chi connectivity index (χ1v) is 5.79. The van der Waals surface area contributed by atoms with E-state index in [4.69, 9.17) is 5.73 Å². The molecule has 1 aliphatic rings. The standard InChI is InChI=1S/C11H25N3/c1-10(2)14(8-6-12)11-5-4-7-13(3)9-11/h10-11H,4-9,12H2,1-3H3. The van der Waals surface area contributed by atoms with E-state index in [1.807, 2.05) is 0 Å². The van der Waals surface area contributed by atoms with Crippen LogP contribution >= 0.6 is 0 Å². The van der Waals surface area contributed by atoms with E-state index in [0.29, 0.717) is 6.04 Å². The Morgan fingerprint density at radius 3 is 2.71 bits per heavy atom. The molecule has 1 fully saturated rings. The van der Waals surface area contributed by atoms with Crippen molar-refractivity contribution in [3.63, 3.8) is 0 Å². The molecule has 14 heavy (non-hydrogen) atoms. The van der Waals surface area contributed by atoms with Gasteiger partial charge < -0.3 is 10.6 Å². The molecular formula is C11H25N3. The first-order chi connectivity index (χ1) is 6.65. The van der Waals surface area contributed by atoms with Crippen LogP contribution in [0.4, 0.5) is 0 Å². The molecule has 0 spiro atoms. The van der Waals surface area contributed by atoms with Crippen molar-refractivity contribution in [3.8, 4) is 0 Å². The van der Waals surface area contributed by atoms with E-state index in [0.717, 1.165) is 19.1 Å². The van der Waals surface area contributed by atoms with Gasteiger partial charge >= 0.3 is 0 Å². The number of likely N-dealkylation sites (N-methyl/N-ethyl adjacent to an activating group) is 1. The number of nitrogens with two attached hydrogens (primary N) is 1. The van der Waals surface area contributed by atoms with Crippen molar-refractivity contribution in [3.05, 3.63) is 0 Å². The summed E-state index contributed by atoms with van der Waals surface area (Å²) in [5, 5.41) is 0. The monoisotopic (exact) mass is 199 g/mol. The maximum absolute atomic E-state index is 5.65. The van der Waals surface area contributed by atoms with Crippen LogP contribution in [0, 0.1) is 0 Å². The summed E-state index contributed by atoms with van der Waals surface area (Å²) in [5.41, 5.74) is 5.65. The molecule has 1 atom stereocenters. The minimum atomic E-state index is 0.620. The lowest BCUT2D eigenvalue weighted by Gasteiger charge is -2.40. The smallest absolute Gasteiger partial charge is 0.0226 e. The third kappa shape index (κ3) is 3.23. The van der Waals surface area contributed by atoms with Crippen LogP contribution in [0.5, 0.6) is 0 Å². The lowest BCUT2D eigenvalue weighted by Crippen LogP contribution is -2.50. The molecule has 0 aromatic carbocycles. The second kappa shape index (κ2) is 5.69. The predicted molar refractivity (Wildman–Crippen MR) is 61.4 cm³/mol. The first kappa shape index (κ1) is 12.0. The van der Waals surface area contributed by atoms with Crippen molar-refractivity contribution in [2.75, 3.05) is 33.2 Å². The fraction of sp³-hybridized carbons (Fsp3) is 1.00. The van der Waals surface area contributed by atoms with E-state index in [1.54, 1.807) is 0 Å². The summed E-state index contributed by atoms with van der Waals surface area (Å²) in [6.45, 7) is 8.81. The molecule has 1 unspecified atom stereocenters. The number of rotatable bonds is 4. The van der Waals surface area contributed by atoms with Gasteiger partial charge in [0.05, 0.1) is 0 Å². The van der Waals surface area contributed by atoms with Crippen molar-refractivity contribution in [1.29, 1.82) is 0 Å². The van der Waals surface area contributed by atoms with Gasteiger partial charge in [-0.2, -0.15) is 0 Å². The fourth-order valence-electron chi connectivity index (χ4n) is 2.42. The highest BCUT2D eigenvalue weighted by atomic mass is 15.2. The third-order valence-electron chi connectivity index (χ3n) is 3.12. The minimum absolute atomic E-state index is 0.620. The van der Waals surface area contributed by atoms with E-state index in [9.17, 15) is 0 Å². The average molecular weight is 199 g/mol. The zero-order valence-electron chi connectivity index (χ0n) is 9.87. The van der Waals surface area contributed by atoms with Crippen LogP contribution in [-0.4, -0.2) is 55.1 Å². The van der Waals surface area contributed by atoms with E-state index in [1.165, 1.54) is 25.9 Å². The van der Waals surface area contributed by atoms with Crippen LogP contribution in [0.1, 0.15) is 26.7 Å². The summed E-state index contributed by atoms with van der Waals surface area (Å²) in [6.07, 6.45) is 2.66. The fourth-order valence-corrected chi connectivity index (χ4v) is 2.42. The maximum atomic E-state index is 5.65. The molecule has 0 aromatic rings. The highest BCUT2D eigenvalue weighted by Crippen LogP contribution is 2.16. The summed E-state index contributed by atoms with van der Waals surface area (Å²) in [7, 11) is 2.22. The Bertz CT molecular complexity index is 159. The lowest BCUT2D eigenvalue weighted by molar-refractivity contribution is 0.0892. The highest BCUT2D eigenvalue weighted by Gasteiger charge is 2.24. The van der Waals surface area contributed by atoms with Gasteiger partial charge in [0.2, 0.25) is 0 Å². The summed E-state index contributed by atoms with van der Waals surface area (Å²) >= 11 is 0. The van der Waals surface area contributed by atoms with Gasteiger partial charge in [-0.3, -0.25) is 4.90 Å². The Morgan fingerprint density at radius 1 is 1.50 bits per heavy atom. The van der Waals surface area contributed by atoms with E-state index >= 15 is 0 Å². The Balaban J connectivity index is 2.48. The molecular weight excluding hydrogens is 174 g/mol. The van der Waals surface area contributed by atoms with Crippen LogP contribution < -0.4 is 5.73 Å². The first-order valence-electron chi connectivity index (χ1n) is 5.79. The Kier molecular flexibility index (Phi) is 4.85. The second-order valence-corrected chi connectivity index (χ2v) is 4.68. The van der Waals surface area contributed by atoms with E-state index < -0.39 is 0 Å². The van der Waals surface area contributed by atoms with Crippen molar-refractivity contribution in [2.24, 2.45) is 5.73 Å². The summed E-state index contributed by atoms with van der Waals surface area (Å²) in [5.74, 6) is 0. The molecule has 3 heteroatoms. The van der Waals surface area contributed by atoms with Gasteiger partial charge in [0.1, 0.15) is 0 Å². The summed E-state index contributed by atoms with van der Waals surface area (Å²) in [6, 6.07) is 1.34. The van der Waals surface area contributed by atoms with Gasteiger partial charge in [-0.15, -0.1) is 0 Å². The second-order valence-electron chi connectivity index (χ2n) is 4.68. The molecule has 1 heterocycles. The number of piperidine rings is 1. The Hall–Kier alpha value is -0.120. The van der Waals surface area contributed by atoms with Gasteiger partial charge in [-0.05, 0) is 40.3 Å². The average Bonchev–Trinajstić information content (AvgIpc) is 2.13. The van der Waals surface area contributed by atoms with Gasteiger partial charge in [-0.1, -0.05) is 0 Å². The molecule has 1 saturated heterocycles. The number of nitrogens with zero attached hydrogens (tertiary/aromatic N) is 2. The third-order valence-corrected chi connectivity index (χ3v) is 3.12. The van der Waals surface area contributed by atoms with Crippen molar-refractivity contribution >= 4 is 0 Å². The Labute approximate surface area is 88.2 Å². The molecule has 1 aliphatic heterocycles. The van der Waals surface area contributed by atoms with Gasteiger partial charge in [0, 0.05) is 31.7 Å². The van der Waals surface area contributed by atoms with Crippen LogP contribution in [-0.2, 0) is 0 Å². The van der Waals surface area contributed by atoms with Gasteiger partial charge in [0.25, 0.3) is 0 Å². The molecule has 0 amide bonds. The molecule has 1 rings (SSSR count). The van der Waals surface area contributed by atoms with Crippen LogP contribution in [0.25, 0.3) is 0 Å². The number of hydrogen-bond acceptors (Lipinski definition) is 3. The molecule has 0 radical (unpaired) electrons. The van der Waals surface area contributed by atoms with Crippen LogP contribution in [0.2, 0.25) is 0 Å². The highest BCUT2D eigenvalue weighted by molar-refractivity contribution is 4.81. The number of hydrogen-bond donors (Lipinski definition) is 1. The normalized spacial score (nSPS) is 24.9. The molecule has 0 aromatic heterocycles. The molecule has 0 bridgehead atoms. The largest absolute Gasteiger partial charge is 0.329 e. The quantitative estimate of drug-likeness (QED) is 0.725. The van der Waals surface area contributed by atoms with Crippen molar-refractivity contribution < 1.29 is 0 Å². The van der Waals surface area contributed by atoms with Crippen LogP contribution in [0.15, 0.2) is 0 Å². The SMILES string of the molecule is CC(C)N(CCN)C1CCCN(C)C1. The van der Waals surface area contributed by atoms with Crippen LogP contribution in [0.3, 0.4) is 0 Å². The molecule has 3 nitrogen and oxygen atoms in total. The van der Waals surface area contributed by atoms with E-state index in [-0.39, 0.29) is 0 Å². The summed E-state index contributed by atoms with van der Waals surface area (Å²) in [4.78, 5) is 4.98. The zero-order valence-corrected chi connectivity index (χ0v) is 9.87. The summed E-state index contributed by atoms with van der Waals surface area (Å²) < 4.78 is 0. The van der Waals surface area contributed by atoms with Crippen molar-refractivity contribution in [1.82, 2.24) is 9.80 Å². The molecule has 2 N–H and O–H groups in total. The van der Waals surface area contributed by atoms with Gasteiger partial charge in [-0.25, -0.2) is 0 Å². The number of likely N-dealkylation sites (tertiary alicyclic amines) is 1. The molecule has 0 aliphatic carbocycles. The maximum Gasteiger partial charge on any atom is 0.0226 e. The molecule has 84 valence electrons. The topological polar surface area (TPSA) is 32.5 Å². The minimum Gasteiger partial charge on any atom is -0.329 e. The molecule has 0 saturated carbocycles.